The number of pyridine rings is 1. The molecule has 0 saturated heterocycles. The number of carbonyl (C=O) groups is 1. The van der Waals surface area contributed by atoms with Crippen molar-refractivity contribution in [2.45, 2.75) is 37.4 Å². The van der Waals surface area contributed by atoms with Gasteiger partial charge < -0.3 is 11.1 Å². The second-order valence-electron chi connectivity index (χ2n) is 14.2. The first-order valence-electron chi connectivity index (χ1n) is 17.5. The van der Waals surface area contributed by atoms with Crippen LogP contribution in [-0.2, 0) is 35.3 Å². The van der Waals surface area contributed by atoms with Gasteiger partial charge in [0.25, 0.3) is 5.92 Å². The van der Waals surface area contributed by atoms with Gasteiger partial charge in [-0.2, -0.15) is 32.1 Å². The molecule has 0 radical (unpaired) electrons. The van der Waals surface area contributed by atoms with Crippen molar-refractivity contribution in [3.05, 3.63) is 94.0 Å². The van der Waals surface area contributed by atoms with Crippen molar-refractivity contribution in [3.63, 3.8) is 0 Å². The van der Waals surface area contributed by atoms with Crippen molar-refractivity contribution in [2.75, 3.05) is 17.5 Å². The Bertz CT molecular complexity index is 2640. The molecule has 1 amide bonds. The number of halogens is 8. The zero-order valence-corrected chi connectivity index (χ0v) is 32.2. The lowest BCUT2D eigenvalue weighted by atomic mass is 9.73. The highest BCUT2D eigenvalue weighted by Crippen LogP contribution is 2.57. The average Bonchev–Trinajstić information content (AvgIpc) is 3.71. The summed E-state index contributed by atoms with van der Waals surface area (Å²) in [5.74, 6) is -9.47. The molecule has 3 atom stereocenters. The van der Waals surface area contributed by atoms with Gasteiger partial charge in [-0.1, -0.05) is 23.7 Å². The van der Waals surface area contributed by atoms with Gasteiger partial charge in [0.1, 0.15) is 29.6 Å². The summed E-state index contributed by atoms with van der Waals surface area (Å²) < 4.78 is 131. The second-order valence-corrected chi connectivity index (χ2v) is 16.4. The van der Waals surface area contributed by atoms with Gasteiger partial charge in [0, 0.05) is 54.5 Å². The Balaban J connectivity index is 1.38. The van der Waals surface area contributed by atoms with Crippen LogP contribution in [0.5, 0.6) is 0 Å². The van der Waals surface area contributed by atoms with Gasteiger partial charge in [-0.3, -0.25) is 23.9 Å². The van der Waals surface area contributed by atoms with E-state index in [1.165, 1.54) is 28.7 Å². The number of rotatable bonds is 10. The quantitative estimate of drug-likeness (QED) is 0.133. The van der Waals surface area contributed by atoms with Crippen molar-refractivity contribution >= 4 is 50.0 Å². The summed E-state index contributed by atoms with van der Waals surface area (Å²) in [5, 5.41) is 11.5. The number of hydrogen-bond donors (Lipinski definition) is 3. The predicted molar refractivity (Wildman–Crippen MR) is 201 cm³/mol. The molecule has 0 bridgehead atoms. The molecule has 2 saturated carbocycles. The van der Waals surface area contributed by atoms with Gasteiger partial charge in [0.2, 0.25) is 15.9 Å². The summed E-state index contributed by atoms with van der Waals surface area (Å²) in [6, 6.07) is 7.68. The molecule has 4 N–H and O–H groups in total. The zero-order chi connectivity index (χ0) is 42.1. The SMILES string of the molecule is Cn1cc(-c2ccc(-c3ccc(Cl)c4c(NS(C)(=O)=O)nn(C)c34)c([C@H](Cc3cc(F)cc(F)c3)NC(=O)CN=C3C(=C(N)C(F)(F)F)[C@H]4CC[C@H]4C3(F)F)n2)cn1. The zero-order valence-electron chi connectivity index (χ0n) is 30.7. The maximum atomic E-state index is 15.5. The summed E-state index contributed by atoms with van der Waals surface area (Å²) in [7, 11) is -0.641. The molecule has 7 rings (SSSR count). The molecule has 2 fully saturated rings. The number of aryl methyl sites for hydroxylation is 2. The van der Waals surface area contributed by atoms with E-state index in [2.05, 4.69) is 25.2 Å². The van der Waals surface area contributed by atoms with E-state index in [0.29, 0.717) is 34.0 Å². The molecule has 12 nitrogen and oxygen atoms in total. The van der Waals surface area contributed by atoms with E-state index in [1.807, 2.05) is 0 Å². The number of nitrogens with zero attached hydrogens (tertiary/aromatic N) is 6. The molecule has 3 heterocycles. The Hall–Kier alpha value is -5.50. The van der Waals surface area contributed by atoms with Crippen LogP contribution in [0.15, 0.2) is 71.1 Å². The van der Waals surface area contributed by atoms with E-state index in [-0.39, 0.29) is 46.7 Å². The normalized spacial score (nSPS) is 19.9. The number of anilines is 1. The molecule has 3 aromatic heterocycles. The van der Waals surface area contributed by atoms with Crippen LogP contribution in [0, 0.1) is 23.5 Å². The van der Waals surface area contributed by atoms with E-state index in [9.17, 15) is 35.2 Å². The van der Waals surface area contributed by atoms with E-state index in [4.69, 9.17) is 22.3 Å². The minimum absolute atomic E-state index is 0.0337. The second kappa shape index (κ2) is 14.7. The molecule has 2 aliphatic carbocycles. The van der Waals surface area contributed by atoms with Crippen LogP contribution in [-0.4, -0.2) is 69.5 Å². The maximum absolute atomic E-state index is 15.5. The van der Waals surface area contributed by atoms with Crippen molar-refractivity contribution in [1.82, 2.24) is 29.9 Å². The van der Waals surface area contributed by atoms with Crippen LogP contribution in [0.25, 0.3) is 33.3 Å². The van der Waals surface area contributed by atoms with Gasteiger partial charge in [-0.05, 0) is 55.0 Å². The average molecular weight is 852 g/mol. The van der Waals surface area contributed by atoms with Crippen molar-refractivity contribution in [2.24, 2.45) is 36.7 Å². The number of aromatic nitrogens is 5. The Morgan fingerprint density at radius 3 is 2.38 bits per heavy atom. The van der Waals surface area contributed by atoms with Gasteiger partial charge in [0.05, 0.1) is 45.8 Å². The van der Waals surface area contributed by atoms with Gasteiger partial charge in [0.15, 0.2) is 5.82 Å². The molecular weight excluding hydrogens is 819 g/mol. The fourth-order valence-electron chi connectivity index (χ4n) is 7.58. The highest BCUT2D eigenvalue weighted by Gasteiger charge is 2.63. The van der Waals surface area contributed by atoms with Crippen LogP contribution in [0.1, 0.15) is 30.1 Å². The van der Waals surface area contributed by atoms with Crippen LogP contribution in [0.4, 0.5) is 36.6 Å². The van der Waals surface area contributed by atoms with E-state index < -0.39 is 81.1 Å². The third kappa shape index (κ3) is 7.73. The van der Waals surface area contributed by atoms with E-state index in [1.54, 1.807) is 31.4 Å². The molecule has 306 valence electrons. The number of allylic oxidation sites excluding steroid dienone is 2. The highest BCUT2D eigenvalue weighted by molar-refractivity contribution is 7.92. The summed E-state index contributed by atoms with van der Waals surface area (Å²) in [5.41, 5.74) is 3.52. The summed E-state index contributed by atoms with van der Waals surface area (Å²) in [6.07, 6.45) is -1.42. The molecule has 2 aromatic carbocycles. The molecule has 5 aromatic rings. The third-order valence-electron chi connectivity index (χ3n) is 10.1. The van der Waals surface area contributed by atoms with Crippen molar-refractivity contribution in [3.8, 4) is 22.4 Å². The Kier molecular flexibility index (Phi) is 10.3. The van der Waals surface area contributed by atoms with Gasteiger partial charge in [-0.15, -0.1) is 0 Å². The first kappa shape index (κ1) is 40.7. The number of fused-ring (bicyclic) bond motifs is 2. The van der Waals surface area contributed by atoms with Crippen molar-refractivity contribution < 1.29 is 43.9 Å². The third-order valence-corrected chi connectivity index (χ3v) is 11.0. The number of carbonyl (C=O) groups excluding carboxylic acids is 1. The maximum Gasteiger partial charge on any atom is 0.431 e. The van der Waals surface area contributed by atoms with E-state index >= 15 is 8.78 Å². The number of hydrogen-bond acceptors (Lipinski definition) is 8. The fraction of sp³-hybridized carbons (Fsp3) is 0.324. The highest BCUT2D eigenvalue weighted by atomic mass is 35.5. The van der Waals surface area contributed by atoms with Crippen LogP contribution >= 0.6 is 11.6 Å². The summed E-state index contributed by atoms with van der Waals surface area (Å²) >= 11 is 6.58. The number of benzene rings is 2. The fourth-order valence-corrected chi connectivity index (χ4v) is 8.31. The van der Waals surface area contributed by atoms with Crippen LogP contribution < -0.4 is 15.8 Å². The number of amides is 1. The number of nitrogens with one attached hydrogen (secondary N) is 2. The largest absolute Gasteiger partial charge is 0.431 e. The first-order valence-corrected chi connectivity index (χ1v) is 19.8. The lowest BCUT2D eigenvalue weighted by Crippen LogP contribution is -2.37. The van der Waals surface area contributed by atoms with Crippen LogP contribution in [0.2, 0.25) is 5.02 Å². The summed E-state index contributed by atoms with van der Waals surface area (Å²) in [4.78, 5) is 22.4. The number of aliphatic imine (C=N–C) groups is 1. The molecule has 2 aliphatic rings. The lowest BCUT2D eigenvalue weighted by molar-refractivity contribution is -0.120. The van der Waals surface area contributed by atoms with E-state index in [0.717, 1.165) is 18.4 Å². The number of sulfonamides is 1. The number of nitrogens with two attached hydrogens (primary N) is 1. The Morgan fingerprint density at radius 2 is 1.78 bits per heavy atom. The minimum atomic E-state index is -5.13. The molecule has 21 heteroatoms. The minimum Gasteiger partial charge on any atom is -0.394 e. The molecular formula is C37H33ClF7N9O3S. The van der Waals surface area contributed by atoms with Crippen LogP contribution in [0.3, 0.4) is 0 Å². The molecule has 0 spiro atoms. The molecule has 0 unspecified atom stereocenters. The topological polar surface area (TPSA) is 162 Å². The number of alkyl halides is 5. The lowest BCUT2D eigenvalue weighted by Gasteiger charge is -2.33. The smallest absolute Gasteiger partial charge is 0.394 e. The molecule has 58 heavy (non-hydrogen) atoms. The van der Waals surface area contributed by atoms with Gasteiger partial charge >= 0.3 is 6.18 Å². The Labute approximate surface area is 331 Å². The summed E-state index contributed by atoms with van der Waals surface area (Å²) in [6.45, 7) is -1.07. The Morgan fingerprint density at radius 1 is 1.09 bits per heavy atom. The molecule has 0 aliphatic heterocycles. The monoisotopic (exact) mass is 851 g/mol. The van der Waals surface area contributed by atoms with Crippen molar-refractivity contribution in [1.29, 1.82) is 0 Å². The van der Waals surface area contributed by atoms with Gasteiger partial charge in [-0.25, -0.2) is 22.2 Å². The standard InChI is InChI=1S/C37H33ClF7N9O3S/c1-53-16-18(14-48-53)26-9-6-21(22-5-8-25(38)30-32(22)54(2)51-35(30)52-58(3,56)57)31(50-26)27(12-17-10-19(39)13-20(40)11-17)49-28(55)15-47-34-29(33(46)37(43,44)45)23-4-7-24(23)36(34,41)42/h5-6,8-11,13-14,16,23-24,27H,4,7,12,15,46H2,1-3H3,(H,49,55)(H,51,52)/t23-,24+,27-/m0/s1. The predicted octanol–water partition coefficient (Wildman–Crippen LogP) is 6.63. The first-order chi connectivity index (χ1) is 27.1.